The topological polar surface area (TPSA) is 3.24 Å². The summed E-state index contributed by atoms with van der Waals surface area (Å²) >= 11 is 0. The van der Waals surface area contributed by atoms with Crippen molar-refractivity contribution in [3.8, 4) is 0 Å². The molecule has 0 N–H and O–H groups in total. The van der Waals surface area contributed by atoms with Crippen LogP contribution in [-0.2, 0) is 0 Å². The molecule has 0 radical (unpaired) electrons. The normalized spacial score (nSPS) is 20.7. The maximum atomic E-state index is 2.86. The van der Waals surface area contributed by atoms with Crippen molar-refractivity contribution in [1.29, 1.82) is 0 Å². The van der Waals surface area contributed by atoms with E-state index in [0.29, 0.717) is 0 Å². The fourth-order valence-corrected chi connectivity index (χ4v) is 6.45. The van der Waals surface area contributed by atoms with E-state index < -0.39 is 0 Å². The molecule has 0 bridgehead atoms. The molecule has 1 saturated heterocycles. The number of piperidine rings is 1. The Bertz CT molecular complexity index is 391. The molecule has 1 saturated carbocycles. The highest BCUT2D eigenvalue weighted by atomic mass is 15.1. The van der Waals surface area contributed by atoms with Gasteiger partial charge in [-0.2, -0.15) is 0 Å². The van der Waals surface area contributed by atoms with Crippen molar-refractivity contribution in [2.24, 2.45) is 23.2 Å². The van der Waals surface area contributed by atoms with E-state index in [9.17, 15) is 0 Å². The zero-order valence-corrected chi connectivity index (χ0v) is 21.5. The van der Waals surface area contributed by atoms with Crippen LogP contribution in [0.3, 0.4) is 0 Å². The van der Waals surface area contributed by atoms with Crippen LogP contribution in [0.5, 0.6) is 0 Å². The fraction of sp³-hybridized carbons (Fsp3) is 1.00. The van der Waals surface area contributed by atoms with E-state index in [0.717, 1.165) is 23.2 Å². The lowest BCUT2D eigenvalue weighted by Gasteiger charge is -2.53. The zero-order valence-electron chi connectivity index (χ0n) is 21.5. The van der Waals surface area contributed by atoms with Gasteiger partial charge >= 0.3 is 0 Å². The third-order valence-electron chi connectivity index (χ3n) is 8.68. The van der Waals surface area contributed by atoms with Crippen molar-refractivity contribution in [3.05, 3.63) is 0 Å². The van der Waals surface area contributed by atoms with Gasteiger partial charge in [-0.3, -0.25) is 0 Å². The first kappa shape index (κ1) is 26.2. The average molecular weight is 420 g/mol. The van der Waals surface area contributed by atoms with Crippen molar-refractivity contribution < 1.29 is 0 Å². The zero-order chi connectivity index (χ0) is 21.7. The minimum Gasteiger partial charge on any atom is -0.303 e. The van der Waals surface area contributed by atoms with E-state index >= 15 is 0 Å². The molecular weight excluding hydrogens is 362 g/mol. The van der Waals surface area contributed by atoms with Gasteiger partial charge in [0.2, 0.25) is 0 Å². The molecule has 1 spiro atoms. The van der Waals surface area contributed by atoms with Crippen molar-refractivity contribution in [2.75, 3.05) is 19.6 Å². The van der Waals surface area contributed by atoms with Gasteiger partial charge in [-0.25, -0.2) is 0 Å². The van der Waals surface area contributed by atoms with Gasteiger partial charge in [0.25, 0.3) is 0 Å². The molecule has 1 aliphatic heterocycles. The Morgan fingerprint density at radius 3 is 1.80 bits per heavy atom. The second kappa shape index (κ2) is 14.9. The minimum absolute atomic E-state index is 0.770. The van der Waals surface area contributed by atoms with E-state index in [4.69, 9.17) is 0 Å². The summed E-state index contributed by atoms with van der Waals surface area (Å²) in [6, 6.07) is 0. The molecule has 30 heavy (non-hydrogen) atoms. The first-order chi connectivity index (χ1) is 14.6. The molecule has 1 unspecified atom stereocenters. The molecule has 1 heteroatoms. The highest BCUT2D eigenvalue weighted by Crippen LogP contribution is 2.54. The number of unbranched alkanes of at least 4 members (excludes halogenated alkanes) is 6. The van der Waals surface area contributed by atoms with Crippen LogP contribution < -0.4 is 0 Å². The van der Waals surface area contributed by atoms with Crippen LogP contribution in [0.2, 0.25) is 0 Å². The highest BCUT2D eigenvalue weighted by molar-refractivity contribution is 4.97. The lowest BCUT2D eigenvalue weighted by molar-refractivity contribution is -0.0218. The lowest BCUT2D eigenvalue weighted by Crippen LogP contribution is -2.48. The van der Waals surface area contributed by atoms with Gasteiger partial charge in [0.05, 0.1) is 0 Å². The van der Waals surface area contributed by atoms with Gasteiger partial charge in [0, 0.05) is 6.54 Å². The summed E-state index contributed by atoms with van der Waals surface area (Å²) in [7, 11) is 0. The molecular formula is C29H57N. The third-order valence-corrected chi connectivity index (χ3v) is 8.68. The van der Waals surface area contributed by atoms with Crippen LogP contribution >= 0.6 is 0 Å². The monoisotopic (exact) mass is 419 g/mol. The van der Waals surface area contributed by atoms with Crippen molar-refractivity contribution in [2.45, 2.75) is 143 Å². The second-order valence-electron chi connectivity index (χ2n) is 11.6. The van der Waals surface area contributed by atoms with Crippen LogP contribution in [-0.4, -0.2) is 24.5 Å². The molecule has 1 heterocycles. The molecule has 1 atom stereocenters. The van der Waals surface area contributed by atoms with Gasteiger partial charge in [-0.1, -0.05) is 105 Å². The summed E-state index contributed by atoms with van der Waals surface area (Å²) in [5.41, 5.74) is 0.770. The fourth-order valence-electron chi connectivity index (χ4n) is 6.45. The number of hydrogen-bond donors (Lipinski definition) is 0. The largest absolute Gasteiger partial charge is 0.303 e. The first-order valence-corrected chi connectivity index (χ1v) is 14.3. The smallest absolute Gasteiger partial charge is 0.000966 e. The molecule has 1 aliphatic carbocycles. The maximum Gasteiger partial charge on any atom is 0.000966 e. The molecule has 2 rings (SSSR count). The quantitative estimate of drug-likeness (QED) is 0.212. The van der Waals surface area contributed by atoms with Gasteiger partial charge in [-0.05, 0) is 74.8 Å². The van der Waals surface area contributed by atoms with Crippen LogP contribution in [0, 0.1) is 23.2 Å². The van der Waals surface area contributed by atoms with Crippen LogP contribution in [0.4, 0.5) is 0 Å². The average Bonchev–Trinajstić information content (AvgIpc) is 2.72. The van der Waals surface area contributed by atoms with E-state index in [2.05, 4.69) is 32.6 Å². The van der Waals surface area contributed by atoms with E-state index in [1.807, 2.05) is 0 Å². The van der Waals surface area contributed by atoms with E-state index in [-0.39, 0.29) is 0 Å². The lowest BCUT2D eigenvalue weighted by atomic mass is 9.56. The molecule has 178 valence electrons. The number of rotatable bonds is 17. The standard InChI is InChI=1S/C29H57N/c1-5-8-11-14-26(4)17-18-28-23-29(24-28)19-21-30(22-20-29)25-27(15-12-9-6-2)16-13-10-7-3/h26-28H,5-25H2,1-4H3. The number of nitrogens with zero attached hydrogens (tertiary/aromatic N) is 1. The Morgan fingerprint density at radius 2 is 1.27 bits per heavy atom. The predicted octanol–water partition coefficient (Wildman–Crippen LogP) is 9.25. The molecule has 2 fully saturated rings. The molecule has 0 aromatic carbocycles. The van der Waals surface area contributed by atoms with Crippen LogP contribution in [0.25, 0.3) is 0 Å². The summed E-state index contributed by atoms with van der Waals surface area (Å²) in [5.74, 6) is 3.01. The Hall–Kier alpha value is -0.0400. The molecule has 1 nitrogen and oxygen atoms in total. The summed E-state index contributed by atoms with van der Waals surface area (Å²) in [6.07, 6.45) is 26.4. The number of likely N-dealkylation sites (tertiary alicyclic amines) is 1. The van der Waals surface area contributed by atoms with Crippen LogP contribution in [0.15, 0.2) is 0 Å². The molecule has 0 aromatic rings. The minimum atomic E-state index is 0.770. The Balaban J connectivity index is 1.61. The van der Waals surface area contributed by atoms with Gasteiger partial charge in [0.1, 0.15) is 0 Å². The predicted molar refractivity (Wildman–Crippen MR) is 135 cm³/mol. The number of hydrogen-bond acceptors (Lipinski definition) is 1. The van der Waals surface area contributed by atoms with E-state index in [1.54, 1.807) is 12.8 Å². The maximum absolute atomic E-state index is 2.86. The van der Waals surface area contributed by atoms with Crippen molar-refractivity contribution in [3.63, 3.8) is 0 Å². The van der Waals surface area contributed by atoms with E-state index in [1.165, 1.54) is 122 Å². The summed E-state index contributed by atoms with van der Waals surface area (Å²) in [6.45, 7) is 13.7. The Morgan fingerprint density at radius 1 is 0.733 bits per heavy atom. The molecule has 2 aliphatic rings. The van der Waals surface area contributed by atoms with Gasteiger partial charge in [-0.15, -0.1) is 0 Å². The van der Waals surface area contributed by atoms with Crippen LogP contribution in [0.1, 0.15) is 143 Å². The summed E-state index contributed by atoms with van der Waals surface area (Å²) < 4.78 is 0. The highest BCUT2D eigenvalue weighted by Gasteiger charge is 2.45. The molecule has 0 amide bonds. The summed E-state index contributed by atoms with van der Waals surface area (Å²) in [5, 5.41) is 0. The van der Waals surface area contributed by atoms with Crippen molar-refractivity contribution in [1.82, 2.24) is 4.90 Å². The Kier molecular flexibility index (Phi) is 13.0. The van der Waals surface area contributed by atoms with Gasteiger partial charge in [0.15, 0.2) is 0 Å². The molecule has 0 aromatic heterocycles. The first-order valence-electron chi connectivity index (χ1n) is 14.3. The van der Waals surface area contributed by atoms with Crippen molar-refractivity contribution >= 4 is 0 Å². The SMILES string of the molecule is CCCCCC(C)CCC1CC2(CCN(CC(CCCCC)CCCCC)CC2)C1. The third kappa shape index (κ3) is 9.62. The second-order valence-corrected chi connectivity index (χ2v) is 11.6. The Labute approximate surface area is 191 Å². The van der Waals surface area contributed by atoms with Gasteiger partial charge < -0.3 is 4.90 Å². The summed E-state index contributed by atoms with van der Waals surface area (Å²) in [4.78, 5) is 2.86.